The summed E-state index contributed by atoms with van der Waals surface area (Å²) in [5, 5.41) is 12.7. The van der Waals surface area contributed by atoms with E-state index in [9.17, 15) is 38.4 Å². The van der Waals surface area contributed by atoms with Gasteiger partial charge in [0.25, 0.3) is 11.8 Å². The molecule has 9 amide bonds. The highest BCUT2D eigenvalue weighted by molar-refractivity contribution is 6.13. The molecule has 1 aliphatic heterocycles. The molecule has 0 aliphatic carbocycles. The fourth-order valence-electron chi connectivity index (χ4n) is 4.08. The molecule has 1 aromatic rings. The molecule has 244 valence electrons. The minimum atomic E-state index is -1.16. The number of primary amides is 2. The molecule has 0 spiro atoms. The Hall–Kier alpha value is -5.48. The molecule has 0 saturated carbocycles. The largest absolute Gasteiger partial charge is 0.461 e. The number of anilines is 1. The van der Waals surface area contributed by atoms with Crippen molar-refractivity contribution >= 4 is 53.3 Å². The number of benzene rings is 1. The van der Waals surface area contributed by atoms with Gasteiger partial charge in [-0.05, 0) is 43.4 Å². The van der Waals surface area contributed by atoms with Gasteiger partial charge in [0.15, 0.2) is 0 Å². The number of rotatable bonds is 18. The SMILES string of the molecule is CC(=O)OCc1ccc(NC(=O)[C@H](CCCNC(N)=O)NC(=O)[C@H](CCCNC(N)=O)NC(=O)CCN2C(=O)C=CC2=O)cc1. The zero-order valence-corrected chi connectivity index (χ0v) is 24.8. The standard InChI is InChI=1S/C28H38N8O9/c1-17(37)45-16-18-6-8-19(9-7-18)33-25(41)21(5-3-14-32-28(30)44)35-26(42)20(4-2-13-31-27(29)43)34-22(38)12-15-36-23(39)10-11-24(36)40/h6-11,20-21H,2-5,12-16H2,1H3,(H,33,41)(H,34,38)(H,35,42)(H3,29,31,43)(H3,30,32,44)/t20-,21-/m0/s1. The zero-order valence-electron chi connectivity index (χ0n) is 24.8. The van der Waals surface area contributed by atoms with Crippen LogP contribution < -0.4 is 38.1 Å². The van der Waals surface area contributed by atoms with Crippen LogP contribution in [0.1, 0.15) is 44.6 Å². The number of nitrogens with two attached hydrogens (primary N) is 2. The molecule has 2 rings (SSSR count). The number of hydrogen-bond donors (Lipinski definition) is 7. The van der Waals surface area contributed by atoms with Crippen molar-refractivity contribution in [3.63, 3.8) is 0 Å². The first-order valence-corrected chi connectivity index (χ1v) is 14.1. The van der Waals surface area contributed by atoms with Crippen LogP contribution in [0.3, 0.4) is 0 Å². The molecule has 2 atom stereocenters. The van der Waals surface area contributed by atoms with Gasteiger partial charge >= 0.3 is 18.0 Å². The molecule has 0 unspecified atom stereocenters. The molecule has 1 aliphatic rings. The van der Waals surface area contributed by atoms with Gasteiger partial charge < -0.3 is 42.8 Å². The van der Waals surface area contributed by atoms with Crippen LogP contribution in [0.2, 0.25) is 0 Å². The van der Waals surface area contributed by atoms with Gasteiger partial charge in [-0.1, -0.05) is 12.1 Å². The lowest BCUT2D eigenvalue weighted by molar-refractivity contribution is -0.142. The molecule has 0 fully saturated rings. The van der Waals surface area contributed by atoms with Crippen LogP contribution in [0.4, 0.5) is 15.3 Å². The molecule has 0 bridgehead atoms. The third-order valence-electron chi connectivity index (χ3n) is 6.35. The maximum Gasteiger partial charge on any atom is 0.312 e. The number of nitrogens with one attached hydrogen (secondary N) is 5. The number of amides is 9. The highest BCUT2D eigenvalue weighted by atomic mass is 16.5. The monoisotopic (exact) mass is 630 g/mol. The number of urea groups is 2. The van der Waals surface area contributed by atoms with Crippen molar-refractivity contribution in [1.29, 1.82) is 0 Å². The van der Waals surface area contributed by atoms with Crippen LogP contribution in [0, 0.1) is 0 Å². The molecule has 17 nitrogen and oxygen atoms in total. The predicted octanol–water partition coefficient (Wildman–Crippen LogP) is -1.13. The lowest BCUT2D eigenvalue weighted by Crippen LogP contribution is -2.53. The molecular weight excluding hydrogens is 592 g/mol. The van der Waals surface area contributed by atoms with Crippen molar-refractivity contribution in [2.75, 3.05) is 25.0 Å². The molecule has 9 N–H and O–H groups in total. The quantitative estimate of drug-likeness (QED) is 0.0587. The summed E-state index contributed by atoms with van der Waals surface area (Å²) in [6, 6.07) is 2.68. The number of carbonyl (C=O) groups excluding carboxylic acids is 8. The average Bonchev–Trinajstić information content (AvgIpc) is 3.30. The van der Waals surface area contributed by atoms with E-state index in [4.69, 9.17) is 16.2 Å². The van der Waals surface area contributed by atoms with Crippen LogP contribution >= 0.6 is 0 Å². The second-order valence-electron chi connectivity index (χ2n) is 9.93. The topological polar surface area (TPSA) is 261 Å². The summed E-state index contributed by atoms with van der Waals surface area (Å²) < 4.78 is 4.95. The van der Waals surface area contributed by atoms with Crippen molar-refractivity contribution in [3.8, 4) is 0 Å². The summed E-state index contributed by atoms with van der Waals surface area (Å²) in [5.74, 6) is -3.49. The summed E-state index contributed by atoms with van der Waals surface area (Å²) in [7, 11) is 0. The fraction of sp³-hybridized carbons (Fsp3) is 0.429. The maximum absolute atomic E-state index is 13.4. The molecule has 0 saturated heterocycles. The second kappa shape index (κ2) is 18.2. The van der Waals surface area contributed by atoms with E-state index < -0.39 is 59.7 Å². The lowest BCUT2D eigenvalue weighted by Gasteiger charge is -2.24. The van der Waals surface area contributed by atoms with Crippen molar-refractivity contribution in [2.45, 2.75) is 57.7 Å². The number of ether oxygens (including phenoxy) is 1. The van der Waals surface area contributed by atoms with Gasteiger partial charge in [0.2, 0.25) is 17.7 Å². The zero-order chi connectivity index (χ0) is 33.4. The molecule has 1 aromatic carbocycles. The van der Waals surface area contributed by atoms with Crippen LogP contribution in [-0.2, 0) is 40.1 Å². The van der Waals surface area contributed by atoms with E-state index in [1.165, 1.54) is 6.92 Å². The Morgan fingerprint density at radius 1 is 0.800 bits per heavy atom. The van der Waals surface area contributed by atoms with Crippen molar-refractivity contribution < 1.29 is 43.1 Å². The van der Waals surface area contributed by atoms with Crippen LogP contribution in [0.25, 0.3) is 0 Å². The van der Waals surface area contributed by atoms with Gasteiger partial charge in [-0.15, -0.1) is 0 Å². The Morgan fingerprint density at radius 3 is 1.84 bits per heavy atom. The van der Waals surface area contributed by atoms with E-state index >= 15 is 0 Å². The van der Waals surface area contributed by atoms with E-state index in [1.807, 2.05) is 0 Å². The first kappa shape index (κ1) is 35.7. The normalized spacial score (nSPS) is 13.4. The Labute approximate surface area is 258 Å². The van der Waals surface area contributed by atoms with E-state index in [1.54, 1.807) is 24.3 Å². The number of nitrogens with zero attached hydrogens (tertiary/aromatic N) is 1. The third kappa shape index (κ3) is 13.6. The molecular formula is C28H38N8O9. The smallest absolute Gasteiger partial charge is 0.312 e. The Morgan fingerprint density at radius 2 is 1.33 bits per heavy atom. The molecule has 1 heterocycles. The molecule has 0 aromatic heterocycles. The van der Waals surface area contributed by atoms with E-state index in [0.29, 0.717) is 11.3 Å². The van der Waals surface area contributed by atoms with Crippen LogP contribution in [-0.4, -0.2) is 84.2 Å². The number of hydrogen-bond acceptors (Lipinski definition) is 9. The van der Waals surface area contributed by atoms with Crippen molar-refractivity contribution in [1.82, 2.24) is 26.2 Å². The number of esters is 1. The molecule has 0 radical (unpaired) electrons. The summed E-state index contributed by atoms with van der Waals surface area (Å²) in [6.45, 7) is 1.37. The molecule has 45 heavy (non-hydrogen) atoms. The van der Waals surface area contributed by atoms with E-state index in [2.05, 4.69) is 26.6 Å². The summed E-state index contributed by atoms with van der Waals surface area (Å²) >= 11 is 0. The lowest BCUT2D eigenvalue weighted by atomic mass is 10.1. The van der Waals surface area contributed by atoms with Gasteiger partial charge in [-0.2, -0.15) is 0 Å². The van der Waals surface area contributed by atoms with Gasteiger partial charge in [-0.25, -0.2) is 9.59 Å². The predicted molar refractivity (Wildman–Crippen MR) is 159 cm³/mol. The summed E-state index contributed by atoms with van der Waals surface area (Å²) in [5.41, 5.74) is 11.3. The Kier molecular flexibility index (Phi) is 14.5. The van der Waals surface area contributed by atoms with Gasteiger partial charge in [0.1, 0.15) is 18.7 Å². The van der Waals surface area contributed by atoms with Gasteiger partial charge in [0.05, 0.1) is 0 Å². The van der Waals surface area contributed by atoms with E-state index in [-0.39, 0.29) is 58.3 Å². The van der Waals surface area contributed by atoms with Crippen LogP contribution in [0.15, 0.2) is 36.4 Å². The minimum Gasteiger partial charge on any atom is -0.461 e. The minimum absolute atomic E-state index is 0.0440. The maximum atomic E-state index is 13.4. The Balaban J connectivity index is 2.11. The first-order valence-electron chi connectivity index (χ1n) is 14.1. The van der Waals surface area contributed by atoms with Crippen molar-refractivity contribution in [2.24, 2.45) is 11.5 Å². The summed E-state index contributed by atoms with van der Waals surface area (Å²) in [6.07, 6.45) is 2.51. The summed E-state index contributed by atoms with van der Waals surface area (Å²) in [4.78, 5) is 96.9. The van der Waals surface area contributed by atoms with Crippen molar-refractivity contribution in [3.05, 3.63) is 42.0 Å². The highest BCUT2D eigenvalue weighted by Gasteiger charge is 2.28. The molecule has 17 heteroatoms. The fourth-order valence-corrected chi connectivity index (χ4v) is 4.08. The average molecular weight is 631 g/mol. The number of carbonyl (C=O) groups is 8. The third-order valence-corrected chi connectivity index (χ3v) is 6.35. The second-order valence-corrected chi connectivity index (χ2v) is 9.93. The van der Waals surface area contributed by atoms with Crippen LogP contribution in [0.5, 0.6) is 0 Å². The highest BCUT2D eigenvalue weighted by Crippen LogP contribution is 2.13. The van der Waals surface area contributed by atoms with Gasteiger partial charge in [0, 0.05) is 50.8 Å². The Bertz CT molecular complexity index is 1280. The van der Waals surface area contributed by atoms with Gasteiger partial charge in [-0.3, -0.25) is 33.7 Å². The van der Waals surface area contributed by atoms with E-state index in [0.717, 1.165) is 17.1 Å². The first-order chi connectivity index (χ1) is 21.3. The number of imide groups is 1.